The highest BCUT2D eigenvalue weighted by Gasteiger charge is 2.17. The molecule has 0 aliphatic heterocycles. The second-order valence-corrected chi connectivity index (χ2v) is 3.94. The average Bonchev–Trinajstić information content (AvgIpc) is 2.46. The molecule has 1 aromatic carbocycles. The summed E-state index contributed by atoms with van der Waals surface area (Å²) in [5.74, 6) is 1.04. The number of aliphatic hydroxyl groups excluding tert-OH is 2. The number of oxime groups is 1. The van der Waals surface area contributed by atoms with Crippen molar-refractivity contribution in [3.8, 4) is 11.5 Å². The summed E-state index contributed by atoms with van der Waals surface area (Å²) >= 11 is 0. The summed E-state index contributed by atoms with van der Waals surface area (Å²) in [6.45, 7) is -0.0301. The highest BCUT2D eigenvalue weighted by molar-refractivity contribution is 5.89. The summed E-state index contributed by atoms with van der Waals surface area (Å²) in [4.78, 5) is 0. The number of methoxy groups -OCH3 is 2. The van der Waals surface area contributed by atoms with Crippen LogP contribution in [-0.2, 0) is 0 Å². The summed E-state index contributed by atoms with van der Waals surface area (Å²) in [6.07, 6.45) is -0.317. The van der Waals surface area contributed by atoms with Gasteiger partial charge in [0.1, 0.15) is 6.10 Å². The zero-order valence-electron chi connectivity index (χ0n) is 11.0. The van der Waals surface area contributed by atoms with E-state index in [2.05, 4.69) is 5.16 Å². The third kappa shape index (κ3) is 3.84. The summed E-state index contributed by atoms with van der Waals surface area (Å²) in [5.41, 5.74) is 0.727. The predicted octanol–water partition coefficient (Wildman–Crippen LogP) is 1.34. The van der Waals surface area contributed by atoms with Gasteiger partial charge in [-0.15, -0.1) is 0 Å². The first-order chi connectivity index (χ1) is 9.17. The summed E-state index contributed by atoms with van der Waals surface area (Å²) < 4.78 is 10.2. The zero-order valence-corrected chi connectivity index (χ0v) is 11.0. The number of rotatable bonds is 7. The predicted molar refractivity (Wildman–Crippen MR) is 70.0 cm³/mol. The zero-order chi connectivity index (χ0) is 14.3. The van der Waals surface area contributed by atoms with Crippen LogP contribution in [0, 0.1) is 0 Å². The van der Waals surface area contributed by atoms with Gasteiger partial charge in [-0.3, -0.25) is 0 Å². The second-order valence-electron chi connectivity index (χ2n) is 3.94. The van der Waals surface area contributed by atoms with Gasteiger partial charge in [0.05, 0.1) is 19.9 Å². The van der Waals surface area contributed by atoms with E-state index in [1.165, 1.54) is 14.2 Å². The Kier molecular flexibility index (Phi) is 6.11. The third-order valence-corrected chi connectivity index (χ3v) is 2.76. The first kappa shape index (κ1) is 15.3. The third-order valence-electron chi connectivity index (χ3n) is 2.76. The van der Waals surface area contributed by atoms with Crippen molar-refractivity contribution in [3.63, 3.8) is 0 Å². The molecule has 19 heavy (non-hydrogen) atoms. The van der Waals surface area contributed by atoms with E-state index >= 15 is 0 Å². The molecule has 3 N–H and O–H groups in total. The Balaban J connectivity index is 2.95. The fourth-order valence-corrected chi connectivity index (χ4v) is 1.72. The van der Waals surface area contributed by atoms with Crippen molar-refractivity contribution in [2.75, 3.05) is 20.8 Å². The van der Waals surface area contributed by atoms with E-state index in [1.807, 2.05) is 0 Å². The minimum Gasteiger partial charge on any atom is -0.493 e. The minimum atomic E-state index is -1.05. The SMILES string of the molecule is COc1ccc(C(O)/C(CCCO)=N/O)cc1OC. The average molecular weight is 269 g/mol. The van der Waals surface area contributed by atoms with Crippen molar-refractivity contribution in [1.29, 1.82) is 0 Å². The van der Waals surface area contributed by atoms with Crippen LogP contribution in [0.1, 0.15) is 24.5 Å². The van der Waals surface area contributed by atoms with Crippen molar-refractivity contribution >= 4 is 5.71 Å². The number of benzene rings is 1. The molecule has 1 atom stereocenters. The van der Waals surface area contributed by atoms with E-state index in [0.29, 0.717) is 29.9 Å². The minimum absolute atomic E-state index is 0.0301. The lowest BCUT2D eigenvalue weighted by Gasteiger charge is -2.15. The normalized spacial score (nSPS) is 13.2. The van der Waals surface area contributed by atoms with Crippen LogP contribution in [0.15, 0.2) is 23.4 Å². The maximum atomic E-state index is 10.1. The molecule has 1 unspecified atom stereocenters. The Bertz CT molecular complexity index is 433. The molecule has 0 heterocycles. The lowest BCUT2D eigenvalue weighted by atomic mass is 10.0. The molecule has 106 valence electrons. The number of ether oxygens (including phenoxy) is 2. The molecule has 0 saturated carbocycles. The highest BCUT2D eigenvalue weighted by atomic mass is 16.5. The monoisotopic (exact) mass is 269 g/mol. The summed E-state index contributed by atoms with van der Waals surface area (Å²) in [6, 6.07) is 4.95. The van der Waals surface area contributed by atoms with Gasteiger partial charge in [-0.05, 0) is 30.5 Å². The van der Waals surface area contributed by atoms with Crippen LogP contribution in [-0.4, -0.2) is 42.0 Å². The maximum Gasteiger partial charge on any atom is 0.161 e. The van der Waals surface area contributed by atoms with Gasteiger partial charge < -0.3 is 24.9 Å². The van der Waals surface area contributed by atoms with Crippen LogP contribution in [0.5, 0.6) is 11.5 Å². The standard InChI is InChI=1S/C13H19NO5/c1-18-11-6-5-9(8-12(11)19-2)13(16)10(14-17)4-3-7-15/h5-6,8,13,15-17H,3-4,7H2,1-2H3/b14-10+. The number of hydrogen-bond donors (Lipinski definition) is 3. The maximum absolute atomic E-state index is 10.1. The fourth-order valence-electron chi connectivity index (χ4n) is 1.72. The Morgan fingerprint density at radius 2 is 1.95 bits per heavy atom. The summed E-state index contributed by atoms with van der Waals surface area (Å²) in [5, 5.41) is 30.9. The Hall–Kier alpha value is -1.79. The molecule has 6 nitrogen and oxygen atoms in total. The number of aliphatic hydroxyl groups is 2. The molecule has 0 bridgehead atoms. The van der Waals surface area contributed by atoms with Crippen molar-refractivity contribution in [1.82, 2.24) is 0 Å². The van der Waals surface area contributed by atoms with Gasteiger partial charge in [-0.25, -0.2) is 0 Å². The van der Waals surface area contributed by atoms with Crippen LogP contribution >= 0.6 is 0 Å². The van der Waals surface area contributed by atoms with Gasteiger partial charge in [0, 0.05) is 6.61 Å². The largest absolute Gasteiger partial charge is 0.493 e. The number of hydrogen-bond acceptors (Lipinski definition) is 6. The van der Waals surface area contributed by atoms with Crippen molar-refractivity contribution in [2.24, 2.45) is 5.16 Å². The number of nitrogens with zero attached hydrogens (tertiary/aromatic N) is 1. The molecular weight excluding hydrogens is 250 g/mol. The van der Waals surface area contributed by atoms with Crippen molar-refractivity contribution in [3.05, 3.63) is 23.8 Å². The van der Waals surface area contributed by atoms with Gasteiger partial charge in [0.25, 0.3) is 0 Å². The highest BCUT2D eigenvalue weighted by Crippen LogP contribution is 2.30. The lowest BCUT2D eigenvalue weighted by molar-refractivity contribution is 0.227. The van der Waals surface area contributed by atoms with E-state index in [0.717, 1.165) is 0 Å². The quantitative estimate of drug-likeness (QED) is 0.395. The molecule has 6 heteroatoms. The van der Waals surface area contributed by atoms with E-state index in [4.69, 9.17) is 19.8 Å². The van der Waals surface area contributed by atoms with E-state index < -0.39 is 6.10 Å². The van der Waals surface area contributed by atoms with Gasteiger partial charge in [-0.2, -0.15) is 0 Å². The summed E-state index contributed by atoms with van der Waals surface area (Å²) in [7, 11) is 3.02. The van der Waals surface area contributed by atoms with Crippen LogP contribution in [0.3, 0.4) is 0 Å². The molecule has 0 radical (unpaired) electrons. The van der Waals surface area contributed by atoms with Crippen molar-refractivity contribution < 1.29 is 24.9 Å². The Labute approximate surface area is 111 Å². The lowest BCUT2D eigenvalue weighted by Crippen LogP contribution is -2.13. The van der Waals surface area contributed by atoms with Gasteiger partial charge in [-0.1, -0.05) is 11.2 Å². The van der Waals surface area contributed by atoms with E-state index in [1.54, 1.807) is 18.2 Å². The molecule has 0 amide bonds. The fraction of sp³-hybridized carbons (Fsp3) is 0.462. The smallest absolute Gasteiger partial charge is 0.161 e. The van der Waals surface area contributed by atoms with Crippen molar-refractivity contribution in [2.45, 2.75) is 18.9 Å². The molecule has 1 aromatic rings. The Morgan fingerprint density at radius 3 is 2.47 bits per heavy atom. The molecule has 1 rings (SSSR count). The van der Waals surface area contributed by atoms with Crippen LogP contribution in [0.25, 0.3) is 0 Å². The molecule has 0 spiro atoms. The molecule has 0 fully saturated rings. The first-order valence-corrected chi connectivity index (χ1v) is 5.89. The van der Waals surface area contributed by atoms with Crippen LogP contribution in [0.2, 0.25) is 0 Å². The van der Waals surface area contributed by atoms with Gasteiger partial charge in [0.15, 0.2) is 11.5 Å². The Morgan fingerprint density at radius 1 is 1.26 bits per heavy atom. The van der Waals surface area contributed by atoms with E-state index in [9.17, 15) is 5.11 Å². The van der Waals surface area contributed by atoms with Crippen LogP contribution in [0.4, 0.5) is 0 Å². The van der Waals surface area contributed by atoms with Gasteiger partial charge >= 0.3 is 0 Å². The second kappa shape index (κ2) is 7.60. The van der Waals surface area contributed by atoms with Crippen LogP contribution < -0.4 is 9.47 Å². The molecule has 0 aliphatic rings. The molecular formula is C13H19NO5. The molecule has 0 aromatic heterocycles. The van der Waals surface area contributed by atoms with E-state index in [-0.39, 0.29) is 12.3 Å². The molecule has 0 aliphatic carbocycles. The molecule has 0 saturated heterocycles. The topological polar surface area (TPSA) is 91.5 Å². The van der Waals surface area contributed by atoms with Gasteiger partial charge in [0.2, 0.25) is 0 Å². The first-order valence-electron chi connectivity index (χ1n) is 5.89.